The zero-order chi connectivity index (χ0) is 19.6. The Labute approximate surface area is 184 Å². The maximum absolute atomic E-state index is 11.1. The Morgan fingerprint density at radius 3 is 2.43 bits per heavy atom. The van der Waals surface area contributed by atoms with E-state index in [4.69, 9.17) is 10.5 Å². The number of primary amides is 1. The molecule has 1 atom stereocenters. The standard InChI is InChI=1S/C21H28N4O2.HI/c1-4-23-21(25-14-17-9-11-18(12-10-17)20(22)26)24-13-16(3)27-19-8-6-5-7-15(19)2;/h5-12,16H,4,13-14H2,1-3H3,(H2,22,26)(H2,23,24,25);1H. The van der Waals surface area contributed by atoms with Crippen LogP contribution in [0.15, 0.2) is 53.5 Å². The number of nitrogens with zero attached hydrogens (tertiary/aromatic N) is 1. The molecular weight excluding hydrogens is 467 g/mol. The van der Waals surface area contributed by atoms with E-state index in [0.717, 1.165) is 29.4 Å². The van der Waals surface area contributed by atoms with Gasteiger partial charge in [-0.25, -0.2) is 4.99 Å². The SMILES string of the molecule is CCNC(=NCc1ccc(C(N)=O)cc1)NCC(C)Oc1ccccc1C.I. The highest BCUT2D eigenvalue weighted by molar-refractivity contribution is 14.0. The minimum Gasteiger partial charge on any atom is -0.489 e. The number of carbonyl (C=O) groups is 1. The lowest BCUT2D eigenvalue weighted by atomic mass is 10.1. The molecule has 1 amide bonds. The number of ether oxygens (including phenoxy) is 1. The number of hydrogen-bond donors (Lipinski definition) is 3. The monoisotopic (exact) mass is 496 g/mol. The van der Waals surface area contributed by atoms with Crippen LogP contribution in [0.3, 0.4) is 0 Å². The molecule has 2 aromatic rings. The van der Waals surface area contributed by atoms with Crippen LogP contribution in [0.5, 0.6) is 5.75 Å². The largest absolute Gasteiger partial charge is 0.489 e. The molecular formula is C21H29IN4O2. The highest BCUT2D eigenvalue weighted by Crippen LogP contribution is 2.17. The van der Waals surface area contributed by atoms with Crippen molar-refractivity contribution < 1.29 is 9.53 Å². The molecule has 0 aromatic heterocycles. The van der Waals surface area contributed by atoms with Crippen molar-refractivity contribution >= 4 is 35.8 Å². The number of nitrogens with two attached hydrogens (primary N) is 1. The third-order valence-electron chi connectivity index (χ3n) is 3.98. The van der Waals surface area contributed by atoms with E-state index in [2.05, 4.69) is 15.6 Å². The first kappa shape index (κ1) is 23.7. The summed E-state index contributed by atoms with van der Waals surface area (Å²) in [5.74, 6) is 1.18. The molecule has 0 heterocycles. The number of para-hydroxylation sites is 1. The van der Waals surface area contributed by atoms with Crippen LogP contribution in [-0.2, 0) is 6.54 Å². The molecule has 2 rings (SSSR count). The van der Waals surface area contributed by atoms with Gasteiger partial charge in [-0.2, -0.15) is 0 Å². The zero-order valence-electron chi connectivity index (χ0n) is 16.6. The Morgan fingerprint density at radius 2 is 1.82 bits per heavy atom. The van der Waals surface area contributed by atoms with Crippen molar-refractivity contribution in [1.82, 2.24) is 10.6 Å². The third-order valence-corrected chi connectivity index (χ3v) is 3.98. The molecule has 0 fully saturated rings. The summed E-state index contributed by atoms with van der Waals surface area (Å²) in [6.07, 6.45) is -0.00944. The van der Waals surface area contributed by atoms with Gasteiger partial charge in [0.1, 0.15) is 11.9 Å². The van der Waals surface area contributed by atoms with E-state index in [0.29, 0.717) is 18.7 Å². The lowest BCUT2D eigenvalue weighted by molar-refractivity contribution is 0.100. The molecule has 1 unspecified atom stereocenters. The third kappa shape index (κ3) is 7.75. The second kappa shape index (κ2) is 12.2. The Morgan fingerprint density at radius 1 is 1.14 bits per heavy atom. The Kier molecular flexibility index (Phi) is 10.4. The van der Waals surface area contributed by atoms with Crippen molar-refractivity contribution in [3.8, 4) is 5.75 Å². The molecule has 6 nitrogen and oxygen atoms in total. The number of amides is 1. The van der Waals surface area contributed by atoms with E-state index in [9.17, 15) is 4.79 Å². The Hall–Kier alpha value is -2.29. The highest BCUT2D eigenvalue weighted by atomic mass is 127. The normalized spacial score (nSPS) is 11.9. The summed E-state index contributed by atoms with van der Waals surface area (Å²) < 4.78 is 5.98. The van der Waals surface area contributed by atoms with Gasteiger partial charge in [0.15, 0.2) is 5.96 Å². The van der Waals surface area contributed by atoms with E-state index >= 15 is 0 Å². The van der Waals surface area contributed by atoms with Crippen molar-refractivity contribution in [2.75, 3.05) is 13.1 Å². The van der Waals surface area contributed by atoms with Crippen molar-refractivity contribution in [2.45, 2.75) is 33.4 Å². The average Bonchev–Trinajstić information content (AvgIpc) is 2.66. The second-order valence-corrected chi connectivity index (χ2v) is 6.33. The molecule has 0 aliphatic rings. The lowest BCUT2D eigenvalue weighted by Gasteiger charge is -2.18. The van der Waals surface area contributed by atoms with Crippen LogP contribution >= 0.6 is 24.0 Å². The number of carbonyl (C=O) groups excluding carboxylic acids is 1. The van der Waals surface area contributed by atoms with Crippen molar-refractivity contribution in [3.05, 3.63) is 65.2 Å². The van der Waals surface area contributed by atoms with Crippen molar-refractivity contribution in [2.24, 2.45) is 10.7 Å². The molecule has 152 valence electrons. The molecule has 0 saturated heterocycles. The lowest BCUT2D eigenvalue weighted by Crippen LogP contribution is -2.41. The first-order valence-electron chi connectivity index (χ1n) is 9.12. The summed E-state index contributed by atoms with van der Waals surface area (Å²) in [7, 11) is 0. The second-order valence-electron chi connectivity index (χ2n) is 6.33. The van der Waals surface area contributed by atoms with E-state index in [-0.39, 0.29) is 30.1 Å². The number of aliphatic imine (C=N–C) groups is 1. The van der Waals surface area contributed by atoms with E-state index < -0.39 is 5.91 Å². The molecule has 28 heavy (non-hydrogen) atoms. The van der Waals surface area contributed by atoms with Gasteiger partial charge in [-0.05, 0) is 50.1 Å². The maximum Gasteiger partial charge on any atom is 0.248 e. The topological polar surface area (TPSA) is 88.7 Å². The quantitative estimate of drug-likeness (QED) is 0.298. The van der Waals surface area contributed by atoms with E-state index in [1.807, 2.05) is 57.2 Å². The highest BCUT2D eigenvalue weighted by Gasteiger charge is 2.07. The van der Waals surface area contributed by atoms with Crippen LogP contribution < -0.4 is 21.1 Å². The molecule has 0 spiro atoms. The summed E-state index contributed by atoms with van der Waals surface area (Å²) in [5.41, 5.74) is 7.87. The maximum atomic E-state index is 11.1. The number of halogens is 1. The summed E-state index contributed by atoms with van der Waals surface area (Å²) in [6.45, 7) is 7.96. The Bertz CT molecular complexity index is 778. The molecule has 0 aliphatic carbocycles. The van der Waals surface area contributed by atoms with Crippen LogP contribution in [0.4, 0.5) is 0 Å². The molecule has 2 aromatic carbocycles. The predicted octanol–water partition coefficient (Wildman–Crippen LogP) is 3.23. The number of hydrogen-bond acceptors (Lipinski definition) is 3. The summed E-state index contributed by atoms with van der Waals surface area (Å²) in [4.78, 5) is 15.7. The van der Waals surface area contributed by atoms with Crippen molar-refractivity contribution in [1.29, 1.82) is 0 Å². The van der Waals surface area contributed by atoms with Gasteiger partial charge < -0.3 is 21.1 Å². The zero-order valence-corrected chi connectivity index (χ0v) is 18.9. The first-order chi connectivity index (χ1) is 13.0. The minimum absolute atomic E-state index is 0. The molecule has 0 radical (unpaired) electrons. The van der Waals surface area contributed by atoms with Gasteiger partial charge in [-0.3, -0.25) is 4.79 Å². The van der Waals surface area contributed by atoms with Gasteiger partial charge in [0, 0.05) is 12.1 Å². The minimum atomic E-state index is -0.428. The van der Waals surface area contributed by atoms with Gasteiger partial charge >= 0.3 is 0 Å². The van der Waals surface area contributed by atoms with E-state index in [1.54, 1.807) is 12.1 Å². The number of rotatable bonds is 8. The van der Waals surface area contributed by atoms with Crippen LogP contribution in [-0.4, -0.2) is 31.1 Å². The number of benzene rings is 2. The van der Waals surface area contributed by atoms with Crippen molar-refractivity contribution in [3.63, 3.8) is 0 Å². The predicted molar refractivity (Wildman–Crippen MR) is 124 cm³/mol. The number of guanidine groups is 1. The average molecular weight is 496 g/mol. The summed E-state index contributed by atoms with van der Waals surface area (Å²) >= 11 is 0. The van der Waals surface area contributed by atoms with Crippen LogP contribution in [0.1, 0.15) is 35.3 Å². The molecule has 0 saturated carbocycles. The molecule has 7 heteroatoms. The molecule has 0 bridgehead atoms. The molecule has 4 N–H and O–H groups in total. The van der Waals surface area contributed by atoms with E-state index in [1.165, 1.54) is 0 Å². The molecule has 0 aliphatic heterocycles. The van der Waals surface area contributed by atoms with Gasteiger partial charge in [-0.1, -0.05) is 30.3 Å². The van der Waals surface area contributed by atoms with Crippen LogP contribution in [0, 0.1) is 6.92 Å². The van der Waals surface area contributed by atoms with Gasteiger partial charge in [0.2, 0.25) is 5.91 Å². The van der Waals surface area contributed by atoms with Gasteiger partial charge in [0.05, 0.1) is 13.1 Å². The van der Waals surface area contributed by atoms with Gasteiger partial charge in [0.25, 0.3) is 0 Å². The van der Waals surface area contributed by atoms with Gasteiger partial charge in [-0.15, -0.1) is 24.0 Å². The fraction of sp³-hybridized carbons (Fsp3) is 0.333. The first-order valence-corrected chi connectivity index (χ1v) is 9.12. The van der Waals surface area contributed by atoms with Crippen LogP contribution in [0.2, 0.25) is 0 Å². The Balaban J connectivity index is 0.00000392. The smallest absolute Gasteiger partial charge is 0.248 e. The summed E-state index contributed by atoms with van der Waals surface area (Å²) in [6, 6.07) is 15.1. The van der Waals surface area contributed by atoms with Crippen LogP contribution in [0.25, 0.3) is 0 Å². The number of aryl methyl sites for hydroxylation is 1. The fourth-order valence-electron chi connectivity index (χ4n) is 2.47. The fourth-order valence-corrected chi connectivity index (χ4v) is 2.47. The summed E-state index contributed by atoms with van der Waals surface area (Å²) in [5, 5.41) is 6.52. The number of nitrogens with one attached hydrogen (secondary N) is 2.